The Hall–Kier alpha value is -2.43. The summed E-state index contributed by atoms with van der Waals surface area (Å²) in [6.07, 6.45) is 3.07. The monoisotopic (exact) mass is 300 g/mol. The predicted molar refractivity (Wildman–Crippen MR) is 80.2 cm³/mol. The van der Waals surface area contributed by atoms with Crippen molar-refractivity contribution in [3.8, 4) is 11.8 Å². The number of aliphatic hydroxyl groups excluding tert-OH is 1. The van der Waals surface area contributed by atoms with Gasteiger partial charge in [-0.1, -0.05) is 11.8 Å². The fourth-order valence-corrected chi connectivity index (χ4v) is 2.89. The second-order valence-electron chi connectivity index (χ2n) is 4.41. The van der Waals surface area contributed by atoms with Crippen molar-refractivity contribution in [2.24, 2.45) is 7.05 Å². The molecule has 0 amide bonds. The van der Waals surface area contributed by atoms with Gasteiger partial charge in [-0.25, -0.2) is 4.98 Å². The minimum atomic E-state index is -0.158. The van der Waals surface area contributed by atoms with Crippen molar-refractivity contribution in [3.63, 3.8) is 0 Å². The van der Waals surface area contributed by atoms with Crippen molar-refractivity contribution >= 4 is 22.4 Å². The highest BCUT2D eigenvalue weighted by Crippen LogP contribution is 2.16. The van der Waals surface area contributed by atoms with Crippen molar-refractivity contribution in [1.29, 1.82) is 0 Å². The smallest absolute Gasteiger partial charge is 0.264 e. The first-order valence-electron chi connectivity index (χ1n) is 6.24. The molecular formula is C14H12N4O2S. The highest BCUT2D eigenvalue weighted by Gasteiger charge is 2.09. The van der Waals surface area contributed by atoms with Crippen LogP contribution in [-0.2, 0) is 13.6 Å². The van der Waals surface area contributed by atoms with Gasteiger partial charge in [-0.15, -0.1) is 11.3 Å². The highest BCUT2D eigenvalue weighted by molar-refractivity contribution is 7.12. The molecule has 0 radical (unpaired) electrons. The Kier molecular flexibility index (Phi) is 3.56. The first-order chi connectivity index (χ1) is 10.2. The average Bonchev–Trinajstić information content (AvgIpc) is 3.07. The number of hydrogen-bond acceptors (Lipinski definition) is 5. The SMILES string of the molecule is Cn1ncc2c(=O)n(Cc3ccc(C#CCO)s3)cnc21. The van der Waals surface area contributed by atoms with Crippen molar-refractivity contribution in [3.05, 3.63) is 44.8 Å². The molecule has 7 heteroatoms. The summed E-state index contributed by atoms with van der Waals surface area (Å²) < 4.78 is 3.13. The van der Waals surface area contributed by atoms with Crippen molar-refractivity contribution < 1.29 is 5.11 Å². The normalized spacial score (nSPS) is 10.6. The second-order valence-corrected chi connectivity index (χ2v) is 5.58. The number of rotatable bonds is 2. The van der Waals surface area contributed by atoms with E-state index in [1.54, 1.807) is 16.3 Å². The molecule has 106 valence electrons. The first kappa shape index (κ1) is 13.5. The Morgan fingerprint density at radius 1 is 1.43 bits per heavy atom. The summed E-state index contributed by atoms with van der Waals surface area (Å²) in [7, 11) is 1.75. The molecule has 3 rings (SSSR count). The van der Waals surface area contributed by atoms with Crippen LogP contribution in [0.5, 0.6) is 0 Å². The molecule has 3 aromatic rings. The van der Waals surface area contributed by atoms with Gasteiger partial charge in [-0.3, -0.25) is 14.0 Å². The van der Waals surface area contributed by atoms with Crippen LogP contribution in [-0.4, -0.2) is 31.0 Å². The molecule has 3 aromatic heterocycles. The Balaban J connectivity index is 1.93. The summed E-state index contributed by atoms with van der Waals surface area (Å²) in [5.41, 5.74) is 0.474. The molecule has 6 nitrogen and oxygen atoms in total. The molecule has 0 saturated heterocycles. The van der Waals surface area contributed by atoms with E-state index in [4.69, 9.17) is 5.11 Å². The predicted octanol–water partition coefficient (Wildman–Crippen LogP) is 0.584. The Bertz CT molecular complexity index is 910. The number of hydrogen-bond donors (Lipinski definition) is 1. The number of aromatic nitrogens is 4. The number of fused-ring (bicyclic) bond motifs is 1. The third-order valence-electron chi connectivity index (χ3n) is 3.00. The Labute approximate surface area is 124 Å². The zero-order valence-corrected chi connectivity index (χ0v) is 12.1. The summed E-state index contributed by atoms with van der Waals surface area (Å²) in [5.74, 6) is 5.45. The molecule has 0 unspecified atom stereocenters. The van der Waals surface area contributed by atoms with Crippen LogP contribution < -0.4 is 5.56 Å². The van der Waals surface area contributed by atoms with E-state index in [2.05, 4.69) is 21.9 Å². The van der Waals surface area contributed by atoms with Crippen molar-refractivity contribution in [2.75, 3.05) is 6.61 Å². The van der Waals surface area contributed by atoms with Gasteiger partial charge in [0.1, 0.15) is 18.3 Å². The minimum absolute atomic E-state index is 0.107. The van der Waals surface area contributed by atoms with Gasteiger partial charge in [0.05, 0.1) is 17.6 Å². The molecule has 0 aliphatic heterocycles. The zero-order valence-electron chi connectivity index (χ0n) is 11.3. The van der Waals surface area contributed by atoms with Gasteiger partial charge in [0.25, 0.3) is 5.56 Å². The molecule has 0 bridgehead atoms. The summed E-state index contributed by atoms with van der Waals surface area (Å²) in [5, 5.41) is 13.2. The lowest BCUT2D eigenvalue weighted by Gasteiger charge is -2.03. The second kappa shape index (κ2) is 5.52. The number of thiophene rings is 1. The molecule has 21 heavy (non-hydrogen) atoms. The van der Waals surface area contributed by atoms with E-state index >= 15 is 0 Å². The molecule has 0 saturated carbocycles. The van der Waals surface area contributed by atoms with E-state index in [9.17, 15) is 4.79 Å². The minimum Gasteiger partial charge on any atom is -0.384 e. The van der Waals surface area contributed by atoms with E-state index in [1.165, 1.54) is 23.9 Å². The molecule has 0 aliphatic rings. The van der Waals surface area contributed by atoms with Gasteiger partial charge < -0.3 is 5.11 Å². The van der Waals surface area contributed by atoms with Crippen molar-refractivity contribution in [1.82, 2.24) is 19.3 Å². The van der Waals surface area contributed by atoms with E-state index < -0.39 is 0 Å². The molecular weight excluding hydrogens is 288 g/mol. The molecule has 3 heterocycles. The fraction of sp³-hybridized carbons (Fsp3) is 0.214. The molecule has 1 N–H and O–H groups in total. The third-order valence-corrected chi connectivity index (χ3v) is 3.98. The van der Waals surface area contributed by atoms with E-state index in [1.807, 2.05) is 12.1 Å². The molecule has 0 atom stereocenters. The molecule has 0 aliphatic carbocycles. The maximum absolute atomic E-state index is 12.3. The van der Waals surface area contributed by atoms with Crippen LogP contribution in [0.1, 0.15) is 9.75 Å². The third kappa shape index (κ3) is 2.59. The van der Waals surface area contributed by atoms with Gasteiger partial charge in [-0.2, -0.15) is 5.10 Å². The van der Waals surface area contributed by atoms with Gasteiger partial charge >= 0.3 is 0 Å². The number of aryl methyl sites for hydroxylation is 1. The quantitative estimate of drug-likeness (QED) is 0.703. The fourth-order valence-electron chi connectivity index (χ4n) is 2.00. The van der Waals surface area contributed by atoms with E-state index in [0.717, 1.165) is 9.75 Å². The summed E-state index contributed by atoms with van der Waals surface area (Å²) in [4.78, 5) is 18.5. The van der Waals surface area contributed by atoms with Crippen LogP contribution in [0.25, 0.3) is 11.0 Å². The van der Waals surface area contributed by atoms with Crippen LogP contribution in [0.4, 0.5) is 0 Å². The molecule has 0 spiro atoms. The van der Waals surface area contributed by atoms with Crippen LogP contribution in [0.2, 0.25) is 0 Å². The van der Waals surface area contributed by atoms with Gasteiger partial charge in [0.2, 0.25) is 0 Å². The standard InChI is InChI=1S/C14H12N4O2S/c1-17-13-12(7-16-17)14(20)18(9-15-13)8-11-5-4-10(21-11)3-2-6-19/h4-5,7,9,19H,6,8H2,1H3. The number of nitrogens with zero attached hydrogens (tertiary/aromatic N) is 4. The lowest BCUT2D eigenvalue weighted by Crippen LogP contribution is -2.20. The lowest BCUT2D eigenvalue weighted by molar-refractivity contribution is 0.350. The average molecular weight is 300 g/mol. The summed E-state index contributed by atoms with van der Waals surface area (Å²) >= 11 is 1.49. The maximum Gasteiger partial charge on any atom is 0.264 e. The zero-order chi connectivity index (χ0) is 14.8. The highest BCUT2D eigenvalue weighted by atomic mass is 32.1. The van der Waals surface area contributed by atoms with Gasteiger partial charge in [0, 0.05) is 11.9 Å². The largest absolute Gasteiger partial charge is 0.384 e. The van der Waals surface area contributed by atoms with Gasteiger partial charge in [0.15, 0.2) is 5.65 Å². The lowest BCUT2D eigenvalue weighted by atomic mass is 10.4. The Morgan fingerprint density at radius 3 is 3.10 bits per heavy atom. The summed E-state index contributed by atoms with van der Waals surface area (Å²) in [6, 6.07) is 3.80. The number of aliphatic hydroxyl groups is 1. The van der Waals surface area contributed by atoms with E-state index in [-0.39, 0.29) is 12.2 Å². The molecule has 0 aromatic carbocycles. The summed E-state index contributed by atoms with van der Waals surface area (Å²) in [6.45, 7) is 0.288. The van der Waals surface area contributed by atoms with Crippen molar-refractivity contribution in [2.45, 2.75) is 6.54 Å². The first-order valence-corrected chi connectivity index (χ1v) is 7.06. The van der Waals surface area contributed by atoms with Crippen LogP contribution in [0, 0.1) is 11.8 Å². The molecule has 0 fully saturated rings. The Morgan fingerprint density at radius 2 is 2.29 bits per heavy atom. The van der Waals surface area contributed by atoms with Crippen LogP contribution >= 0.6 is 11.3 Å². The maximum atomic E-state index is 12.3. The van der Waals surface area contributed by atoms with Crippen LogP contribution in [0.3, 0.4) is 0 Å². The van der Waals surface area contributed by atoms with E-state index in [0.29, 0.717) is 17.6 Å². The van der Waals surface area contributed by atoms with Gasteiger partial charge in [-0.05, 0) is 12.1 Å². The van der Waals surface area contributed by atoms with Crippen LogP contribution in [0.15, 0.2) is 29.5 Å². The topological polar surface area (TPSA) is 72.9 Å².